The van der Waals surface area contributed by atoms with Gasteiger partial charge in [-0.05, 0) is 18.9 Å². The quantitative estimate of drug-likeness (QED) is 0.664. The molecule has 1 aliphatic heterocycles. The molecule has 0 saturated carbocycles. The zero-order chi connectivity index (χ0) is 14.3. The number of ketones is 1. The van der Waals surface area contributed by atoms with Crippen LogP contribution in [0.4, 0.5) is 4.39 Å². The maximum atomic E-state index is 12.4. The van der Waals surface area contributed by atoms with E-state index in [0.717, 1.165) is 12.1 Å². The third-order valence-electron chi connectivity index (χ3n) is 2.97. The van der Waals surface area contributed by atoms with Crippen LogP contribution >= 0.6 is 0 Å². The Labute approximate surface area is 114 Å². The molecule has 3 nitrogen and oxygen atoms in total. The molecule has 0 radical (unpaired) electrons. The number of allylic oxidation sites excluding steroid dienone is 2. The van der Waals surface area contributed by atoms with Crippen LogP contribution in [-0.2, 0) is 9.53 Å². The summed E-state index contributed by atoms with van der Waals surface area (Å²) >= 11 is 0. The lowest BCUT2D eigenvalue weighted by molar-refractivity contribution is -0.133. The molecule has 106 valence electrons. The number of ether oxygens (including phenoxy) is 1. The van der Waals surface area contributed by atoms with Gasteiger partial charge in [0.05, 0.1) is 12.4 Å². The lowest BCUT2D eigenvalue weighted by Crippen LogP contribution is -2.45. The average Bonchev–Trinajstić information content (AvgIpc) is 2.34. The Morgan fingerprint density at radius 2 is 2.26 bits per heavy atom. The summed E-state index contributed by atoms with van der Waals surface area (Å²) in [5, 5.41) is 0. The number of carbonyl (C=O) groups is 1. The van der Waals surface area contributed by atoms with Crippen LogP contribution in [0.1, 0.15) is 19.8 Å². The highest BCUT2D eigenvalue weighted by atomic mass is 19.1. The van der Waals surface area contributed by atoms with Crippen LogP contribution in [-0.4, -0.2) is 43.0 Å². The van der Waals surface area contributed by atoms with E-state index >= 15 is 0 Å². The number of hydrogen-bond donors (Lipinski definition) is 0. The number of hydrogen-bond acceptors (Lipinski definition) is 3. The fraction of sp³-hybridized carbons (Fsp3) is 0.533. The number of Topliss-reactive ketones (excluding diaryl/α,β-unsaturated/α-hetero) is 1. The molecule has 1 fully saturated rings. The molecule has 1 heterocycles. The molecular formula is C15H22FNO2. The lowest BCUT2D eigenvalue weighted by Gasteiger charge is -2.31. The van der Waals surface area contributed by atoms with Gasteiger partial charge in [-0.25, -0.2) is 4.39 Å². The molecule has 0 aromatic heterocycles. The fourth-order valence-corrected chi connectivity index (χ4v) is 1.92. The number of halogens is 1. The SMILES string of the molecule is C=C(F)CC/C=C\C(=C)CN1CCOC(C(C)=O)C1. The Morgan fingerprint density at radius 3 is 2.89 bits per heavy atom. The van der Waals surface area contributed by atoms with Gasteiger partial charge in [0.2, 0.25) is 0 Å². The van der Waals surface area contributed by atoms with Crippen LogP contribution in [0.5, 0.6) is 0 Å². The third kappa shape index (κ3) is 6.45. The second kappa shape index (κ2) is 8.02. The van der Waals surface area contributed by atoms with Crippen molar-refractivity contribution < 1.29 is 13.9 Å². The summed E-state index contributed by atoms with van der Waals surface area (Å²) in [5.74, 6) is -0.236. The second-order valence-electron chi connectivity index (χ2n) is 4.82. The van der Waals surface area contributed by atoms with Crippen LogP contribution < -0.4 is 0 Å². The summed E-state index contributed by atoms with van der Waals surface area (Å²) in [6, 6.07) is 0. The first-order chi connectivity index (χ1) is 8.99. The average molecular weight is 267 g/mol. The molecular weight excluding hydrogens is 245 g/mol. The van der Waals surface area contributed by atoms with E-state index in [2.05, 4.69) is 18.1 Å². The van der Waals surface area contributed by atoms with Gasteiger partial charge in [0.25, 0.3) is 0 Å². The molecule has 1 unspecified atom stereocenters. The van der Waals surface area contributed by atoms with Crippen molar-refractivity contribution in [1.82, 2.24) is 4.90 Å². The van der Waals surface area contributed by atoms with Crippen molar-refractivity contribution in [3.63, 3.8) is 0 Å². The van der Waals surface area contributed by atoms with Crippen molar-refractivity contribution in [3.05, 3.63) is 36.7 Å². The van der Waals surface area contributed by atoms with Gasteiger partial charge in [0, 0.05) is 26.1 Å². The molecule has 4 heteroatoms. The van der Waals surface area contributed by atoms with Crippen molar-refractivity contribution in [2.24, 2.45) is 0 Å². The number of morpholine rings is 1. The minimum atomic E-state index is -0.319. The van der Waals surface area contributed by atoms with Crippen molar-refractivity contribution in [2.75, 3.05) is 26.2 Å². The van der Waals surface area contributed by atoms with Crippen molar-refractivity contribution in [1.29, 1.82) is 0 Å². The van der Waals surface area contributed by atoms with Gasteiger partial charge in [0.1, 0.15) is 6.10 Å². The first-order valence-corrected chi connectivity index (χ1v) is 6.51. The monoisotopic (exact) mass is 267 g/mol. The molecule has 1 atom stereocenters. The summed E-state index contributed by atoms with van der Waals surface area (Å²) in [5.41, 5.74) is 0.952. The van der Waals surface area contributed by atoms with Gasteiger partial charge >= 0.3 is 0 Å². The molecule has 19 heavy (non-hydrogen) atoms. The standard InChI is InChI=1S/C15H22FNO2/c1-12(6-4-5-7-13(2)16)10-17-8-9-19-15(11-17)14(3)18/h4,6,15H,1-2,5,7-11H2,3H3/b6-4-. The maximum Gasteiger partial charge on any atom is 0.159 e. The summed E-state index contributed by atoms with van der Waals surface area (Å²) in [7, 11) is 0. The van der Waals surface area contributed by atoms with Gasteiger partial charge in [-0.15, -0.1) is 0 Å². The first-order valence-electron chi connectivity index (χ1n) is 6.51. The Morgan fingerprint density at radius 1 is 1.53 bits per heavy atom. The largest absolute Gasteiger partial charge is 0.368 e. The van der Waals surface area contributed by atoms with Crippen molar-refractivity contribution >= 4 is 5.78 Å². The zero-order valence-corrected chi connectivity index (χ0v) is 11.5. The van der Waals surface area contributed by atoms with E-state index in [-0.39, 0.29) is 17.7 Å². The smallest absolute Gasteiger partial charge is 0.159 e. The Balaban J connectivity index is 2.31. The Bertz CT molecular complexity index is 376. The van der Waals surface area contributed by atoms with Crippen molar-refractivity contribution in [2.45, 2.75) is 25.9 Å². The van der Waals surface area contributed by atoms with E-state index in [9.17, 15) is 9.18 Å². The molecule has 0 N–H and O–H groups in total. The number of carbonyl (C=O) groups excluding carboxylic acids is 1. The minimum absolute atomic E-state index is 0.0623. The normalized spacial score (nSPS) is 20.6. The number of rotatable bonds is 7. The van der Waals surface area contributed by atoms with Gasteiger partial charge in [-0.3, -0.25) is 9.69 Å². The van der Waals surface area contributed by atoms with E-state index in [1.54, 1.807) is 6.92 Å². The molecule has 0 aromatic carbocycles. The lowest BCUT2D eigenvalue weighted by atomic mass is 10.1. The first kappa shape index (κ1) is 15.8. The highest BCUT2D eigenvalue weighted by Gasteiger charge is 2.23. The van der Waals surface area contributed by atoms with E-state index in [1.165, 1.54) is 0 Å². The highest BCUT2D eigenvalue weighted by molar-refractivity contribution is 5.80. The van der Waals surface area contributed by atoms with Crippen LogP contribution in [0.3, 0.4) is 0 Å². The van der Waals surface area contributed by atoms with Crippen molar-refractivity contribution in [3.8, 4) is 0 Å². The number of nitrogens with zero attached hydrogens (tertiary/aromatic N) is 1. The fourth-order valence-electron chi connectivity index (χ4n) is 1.92. The topological polar surface area (TPSA) is 29.5 Å². The summed E-state index contributed by atoms with van der Waals surface area (Å²) in [6.45, 7) is 11.4. The molecule has 0 bridgehead atoms. The van der Waals surface area contributed by atoms with Gasteiger partial charge in [-0.2, -0.15) is 0 Å². The molecule has 0 amide bonds. The van der Waals surface area contributed by atoms with E-state index < -0.39 is 0 Å². The minimum Gasteiger partial charge on any atom is -0.368 e. The second-order valence-corrected chi connectivity index (χ2v) is 4.82. The van der Waals surface area contributed by atoms with Crippen LogP contribution in [0, 0.1) is 0 Å². The van der Waals surface area contributed by atoms with Gasteiger partial charge in [0.15, 0.2) is 5.78 Å². The molecule has 0 aromatic rings. The van der Waals surface area contributed by atoms with E-state index in [1.807, 2.05) is 12.2 Å². The predicted octanol–water partition coefficient (Wildman–Crippen LogP) is 2.65. The van der Waals surface area contributed by atoms with E-state index in [4.69, 9.17) is 4.74 Å². The Hall–Kier alpha value is -1.26. The molecule has 0 spiro atoms. The zero-order valence-electron chi connectivity index (χ0n) is 11.5. The molecule has 1 aliphatic rings. The van der Waals surface area contributed by atoms with Gasteiger partial charge in [-0.1, -0.05) is 25.3 Å². The van der Waals surface area contributed by atoms with Crippen LogP contribution in [0.2, 0.25) is 0 Å². The molecule has 1 rings (SSSR count). The Kier molecular flexibility index (Phi) is 6.67. The van der Waals surface area contributed by atoms with Crippen LogP contribution in [0.15, 0.2) is 36.7 Å². The summed E-state index contributed by atoms with van der Waals surface area (Å²) < 4.78 is 17.8. The molecule has 0 aliphatic carbocycles. The summed E-state index contributed by atoms with van der Waals surface area (Å²) in [6.07, 6.45) is 4.47. The maximum absolute atomic E-state index is 12.4. The van der Waals surface area contributed by atoms with E-state index in [0.29, 0.717) is 32.5 Å². The molecule has 1 saturated heterocycles. The summed E-state index contributed by atoms with van der Waals surface area (Å²) in [4.78, 5) is 13.4. The predicted molar refractivity (Wildman–Crippen MR) is 74.6 cm³/mol. The third-order valence-corrected chi connectivity index (χ3v) is 2.97. The highest BCUT2D eigenvalue weighted by Crippen LogP contribution is 2.10. The van der Waals surface area contributed by atoms with Crippen LogP contribution in [0.25, 0.3) is 0 Å². The van der Waals surface area contributed by atoms with Gasteiger partial charge < -0.3 is 4.74 Å².